The van der Waals surface area contributed by atoms with Crippen LogP contribution >= 0.6 is 0 Å². The fraction of sp³-hybridized carbons (Fsp3) is 0.435. The van der Waals surface area contributed by atoms with E-state index in [0.717, 1.165) is 18.9 Å². The van der Waals surface area contributed by atoms with Gasteiger partial charge in [-0.25, -0.2) is 4.98 Å². The van der Waals surface area contributed by atoms with E-state index in [4.69, 9.17) is 5.73 Å². The number of aliphatic imine (C=N–C) groups is 1. The first kappa shape index (κ1) is 25.2. The standard InChI is InChI=1S/C23H29F3N4O2/c1-5-16(12-30(6-2)13-31)11-28-15(4)18-7-8-19(29-22(18)27)21-14(3)9-17(10-20(21)32)23(24,25)26/h7-10,13,16,32H,5-6,11-12H2,1-4H3,(H2,27,29). The average molecular weight is 451 g/mol. The number of phenols is 1. The van der Waals surface area contributed by atoms with Gasteiger partial charge in [0.2, 0.25) is 6.41 Å². The van der Waals surface area contributed by atoms with Gasteiger partial charge < -0.3 is 15.7 Å². The average Bonchev–Trinajstić information content (AvgIpc) is 2.72. The monoisotopic (exact) mass is 450 g/mol. The van der Waals surface area contributed by atoms with Crippen LogP contribution < -0.4 is 5.73 Å². The van der Waals surface area contributed by atoms with Crippen LogP contribution in [0.4, 0.5) is 19.0 Å². The molecule has 0 aliphatic rings. The molecule has 9 heteroatoms. The second-order valence-corrected chi connectivity index (χ2v) is 7.71. The normalized spacial score (nSPS) is 13.2. The van der Waals surface area contributed by atoms with Gasteiger partial charge in [0, 0.05) is 36.5 Å². The number of nitrogens with zero attached hydrogens (tertiary/aromatic N) is 3. The minimum absolute atomic E-state index is 0.165. The Balaban J connectivity index is 2.28. The zero-order chi connectivity index (χ0) is 24.1. The third kappa shape index (κ3) is 5.99. The van der Waals surface area contributed by atoms with Gasteiger partial charge in [0.25, 0.3) is 0 Å². The van der Waals surface area contributed by atoms with Crippen LogP contribution in [0.1, 0.15) is 43.9 Å². The lowest BCUT2D eigenvalue weighted by Crippen LogP contribution is -2.29. The quantitative estimate of drug-likeness (QED) is 0.429. The predicted octanol–water partition coefficient (Wildman–Crippen LogP) is 4.68. The maximum absolute atomic E-state index is 13.0. The van der Waals surface area contributed by atoms with Crippen molar-refractivity contribution in [2.45, 2.75) is 40.3 Å². The third-order valence-corrected chi connectivity index (χ3v) is 5.42. The molecule has 6 nitrogen and oxygen atoms in total. The van der Waals surface area contributed by atoms with Crippen molar-refractivity contribution in [3.8, 4) is 17.0 Å². The summed E-state index contributed by atoms with van der Waals surface area (Å²) < 4.78 is 38.9. The van der Waals surface area contributed by atoms with Crippen molar-refractivity contribution >= 4 is 17.9 Å². The number of halogens is 3. The maximum Gasteiger partial charge on any atom is 0.416 e. The van der Waals surface area contributed by atoms with Crippen molar-refractivity contribution < 1.29 is 23.1 Å². The van der Waals surface area contributed by atoms with Crippen LogP contribution in [0.25, 0.3) is 11.3 Å². The van der Waals surface area contributed by atoms with Crippen LogP contribution in [0.3, 0.4) is 0 Å². The Bertz CT molecular complexity index is 967. The van der Waals surface area contributed by atoms with Crippen LogP contribution in [0.5, 0.6) is 5.75 Å². The lowest BCUT2D eigenvalue weighted by molar-refractivity contribution is -0.137. The number of rotatable bonds is 9. The first-order valence-corrected chi connectivity index (χ1v) is 10.4. The predicted molar refractivity (Wildman–Crippen MR) is 120 cm³/mol. The first-order valence-electron chi connectivity index (χ1n) is 10.4. The van der Waals surface area contributed by atoms with Crippen LogP contribution in [0.15, 0.2) is 29.3 Å². The van der Waals surface area contributed by atoms with E-state index < -0.39 is 17.5 Å². The molecule has 0 saturated heterocycles. The number of anilines is 1. The molecule has 0 spiro atoms. The lowest BCUT2D eigenvalue weighted by atomic mass is 9.99. The number of aryl methyl sites for hydroxylation is 1. The minimum atomic E-state index is -4.55. The Kier molecular flexibility index (Phi) is 8.24. The number of aromatic nitrogens is 1. The Morgan fingerprint density at radius 3 is 2.50 bits per heavy atom. The van der Waals surface area contributed by atoms with E-state index in [1.165, 1.54) is 6.92 Å². The molecule has 0 fully saturated rings. The van der Waals surface area contributed by atoms with E-state index in [9.17, 15) is 23.1 Å². The van der Waals surface area contributed by atoms with Crippen molar-refractivity contribution in [3.63, 3.8) is 0 Å². The number of amides is 1. The van der Waals surface area contributed by atoms with Crippen LogP contribution in [-0.2, 0) is 11.0 Å². The molecular formula is C23H29F3N4O2. The third-order valence-electron chi connectivity index (χ3n) is 5.42. The van der Waals surface area contributed by atoms with Crippen LogP contribution in [-0.4, -0.2) is 46.7 Å². The number of carbonyl (C=O) groups is 1. The van der Waals surface area contributed by atoms with Crippen LogP contribution in [0, 0.1) is 12.8 Å². The van der Waals surface area contributed by atoms with Gasteiger partial charge >= 0.3 is 6.18 Å². The summed E-state index contributed by atoms with van der Waals surface area (Å²) in [5, 5.41) is 10.2. The second-order valence-electron chi connectivity index (χ2n) is 7.71. The number of nitrogens with two attached hydrogens (primary N) is 1. The molecule has 0 bridgehead atoms. The summed E-state index contributed by atoms with van der Waals surface area (Å²) in [6, 6.07) is 4.95. The molecule has 1 aromatic heterocycles. The van der Waals surface area contributed by atoms with E-state index in [1.807, 2.05) is 13.8 Å². The Morgan fingerprint density at radius 2 is 2.00 bits per heavy atom. The summed E-state index contributed by atoms with van der Waals surface area (Å²) in [5.41, 5.74) is 7.18. The summed E-state index contributed by atoms with van der Waals surface area (Å²) in [5.74, 6) is -0.141. The van der Waals surface area contributed by atoms with Gasteiger partial charge in [-0.2, -0.15) is 13.2 Å². The smallest absolute Gasteiger partial charge is 0.416 e. The maximum atomic E-state index is 13.0. The number of aromatic hydroxyl groups is 1. The van der Waals surface area contributed by atoms with Crippen molar-refractivity contribution in [1.29, 1.82) is 0 Å². The molecule has 1 unspecified atom stereocenters. The SMILES string of the molecule is CCC(CN=C(C)c1ccc(-c2c(C)cc(C(F)(F)F)cc2O)nc1N)CN(C=O)CC. The van der Waals surface area contributed by atoms with Gasteiger partial charge in [-0.1, -0.05) is 6.92 Å². The molecule has 1 amide bonds. The largest absolute Gasteiger partial charge is 0.507 e. The fourth-order valence-electron chi connectivity index (χ4n) is 3.43. The molecule has 0 aliphatic carbocycles. The molecule has 174 valence electrons. The Hall–Kier alpha value is -3.10. The summed E-state index contributed by atoms with van der Waals surface area (Å²) >= 11 is 0. The number of phenolic OH excluding ortho intramolecular Hbond substituents is 1. The van der Waals surface area contributed by atoms with Gasteiger partial charge in [0.05, 0.1) is 11.3 Å². The molecule has 3 N–H and O–H groups in total. The van der Waals surface area contributed by atoms with Gasteiger partial charge in [-0.05, 0) is 62.9 Å². The molecule has 2 rings (SSSR count). The highest BCUT2D eigenvalue weighted by atomic mass is 19.4. The summed E-state index contributed by atoms with van der Waals surface area (Å²) in [7, 11) is 0. The molecule has 1 atom stereocenters. The Labute approximate surface area is 186 Å². The molecule has 0 saturated carbocycles. The number of benzene rings is 1. The molecule has 0 radical (unpaired) electrons. The first-order chi connectivity index (χ1) is 15.0. The van der Waals surface area contributed by atoms with Crippen molar-refractivity contribution in [1.82, 2.24) is 9.88 Å². The van der Waals surface area contributed by atoms with Gasteiger partial charge in [0.1, 0.15) is 11.6 Å². The number of hydrogen-bond acceptors (Lipinski definition) is 5. The molecule has 1 heterocycles. The van der Waals surface area contributed by atoms with E-state index in [-0.39, 0.29) is 28.6 Å². The van der Waals surface area contributed by atoms with E-state index in [1.54, 1.807) is 24.0 Å². The number of carbonyl (C=O) groups excluding carboxylic acids is 1. The summed E-state index contributed by atoms with van der Waals surface area (Å²) in [6.45, 7) is 9.01. The second kappa shape index (κ2) is 10.5. The molecule has 32 heavy (non-hydrogen) atoms. The number of nitrogen functional groups attached to an aromatic ring is 1. The highest BCUT2D eigenvalue weighted by molar-refractivity contribution is 6.02. The zero-order valence-corrected chi connectivity index (χ0v) is 18.7. The van der Waals surface area contributed by atoms with E-state index in [0.29, 0.717) is 37.0 Å². The number of alkyl halides is 3. The molecule has 1 aromatic carbocycles. The zero-order valence-electron chi connectivity index (χ0n) is 18.7. The summed E-state index contributed by atoms with van der Waals surface area (Å²) in [4.78, 5) is 21.7. The van der Waals surface area contributed by atoms with Gasteiger partial charge in [-0.15, -0.1) is 0 Å². The van der Waals surface area contributed by atoms with Crippen LogP contribution in [0.2, 0.25) is 0 Å². The molecule has 0 aliphatic heterocycles. The molecular weight excluding hydrogens is 421 g/mol. The van der Waals surface area contributed by atoms with E-state index in [2.05, 4.69) is 9.98 Å². The highest BCUT2D eigenvalue weighted by Crippen LogP contribution is 2.38. The molecule has 2 aromatic rings. The van der Waals surface area contributed by atoms with Gasteiger partial charge in [-0.3, -0.25) is 9.79 Å². The fourth-order valence-corrected chi connectivity index (χ4v) is 3.43. The summed E-state index contributed by atoms with van der Waals surface area (Å²) in [6.07, 6.45) is -2.86. The van der Waals surface area contributed by atoms with E-state index >= 15 is 0 Å². The van der Waals surface area contributed by atoms with Crippen molar-refractivity contribution in [3.05, 3.63) is 41.0 Å². The number of pyridine rings is 1. The minimum Gasteiger partial charge on any atom is -0.507 e. The Morgan fingerprint density at radius 1 is 1.31 bits per heavy atom. The van der Waals surface area contributed by atoms with Gasteiger partial charge in [0.15, 0.2) is 0 Å². The van der Waals surface area contributed by atoms with Crippen molar-refractivity contribution in [2.24, 2.45) is 10.9 Å². The van der Waals surface area contributed by atoms with Crippen molar-refractivity contribution in [2.75, 3.05) is 25.4 Å². The topological polar surface area (TPSA) is 91.8 Å². The number of hydrogen-bond donors (Lipinski definition) is 2. The lowest BCUT2D eigenvalue weighted by Gasteiger charge is -2.21. The highest BCUT2D eigenvalue weighted by Gasteiger charge is 2.32.